The highest BCUT2D eigenvalue weighted by Gasteiger charge is 2.19. The predicted octanol–water partition coefficient (Wildman–Crippen LogP) is 3.93. The highest BCUT2D eigenvalue weighted by atomic mass is 32.2. The Labute approximate surface area is 118 Å². The standard InChI is InChI=1S/C15H21FO2S/c1-18-15-8-7-11(16)9-13(15)14(17)10-19-12-5-3-2-4-6-12/h7-9,12,14,17H,2-6,10H2,1H3. The summed E-state index contributed by atoms with van der Waals surface area (Å²) < 4.78 is 18.4. The number of benzene rings is 1. The minimum Gasteiger partial charge on any atom is -0.496 e. The zero-order valence-electron chi connectivity index (χ0n) is 11.3. The molecule has 1 N–H and O–H groups in total. The molecule has 0 radical (unpaired) electrons. The van der Waals surface area contributed by atoms with E-state index in [2.05, 4.69) is 0 Å². The largest absolute Gasteiger partial charge is 0.496 e. The average molecular weight is 284 g/mol. The van der Waals surface area contributed by atoms with Crippen LogP contribution in [0.2, 0.25) is 0 Å². The van der Waals surface area contributed by atoms with Gasteiger partial charge in [-0.1, -0.05) is 19.3 Å². The molecule has 2 nitrogen and oxygen atoms in total. The van der Waals surface area contributed by atoms with Crippen molar-refractivity contribution >= 4 is 11.8 Å². The lowest BCUT2D eigenvalue weighted by Crippen LogP contribution is -2.12. The first-order valence-corrected chi connectivity index (χ1v) is 7.88. The van der Waals surface area contributed by atoms with Crippen molar-refractivity contribution < 1.29 is 14.2 Å². The first-order valence-electron chi connectivity index (χ1n) is 6.84. The Hall–Kier alpha value is -0.740. The van der Waals surface area contributed by atoms with Gasteiger partial charge in [-0.3, -0.25) is 0 Å². The van der Waals surface area contributed by atoms with Gasteiger partial charge < -0.3 is 9.84 Å². The summed E-state index contributed by atoms with van der Waals surface area (Å²) in [5.41, 5.74) is 0.547. The number of aliphatic hydroxyl groups is 1. The van der Waals surface area contributed by atoms with E-state index in [-0.39, 0.29) is 5.82 Å². The number of aliphatic hydroxyl groups excluding tert-OH is 1. The molecule has 1 saturated carbocycles. The van der Waals surface area contributed by atoms with Gasteiger partial charge in [0.2, 0.25) is 0 Å². The van der Waals surface area contributed by atoms with Gasteiger partial charge in [0.15, 0.2) is 0 Å². The molecule has 1 unspecified atom stereocenters. The smallest absolute Gasteiger partial charge is 0.124 e. The monoisotopic (exact) mass is 284 g/mol. The minimum atomic E-state index is -0.669. The van der Waals surface area contributed by atoms with E-state index in [0.29, 0.717) is 22.3 Å². The van der Waals surface area contributed by atoms with Crippen LogP contribution in [0.15, 0.2) is 18.2 Å². The lowest BCUT2D eigenvalue weighted by Gasteiger charge is -2.22. The quantitative estimate of drug-likeness (QED) is 0.888. The Morgan fingerprint density at radius 1 is 1.37 bits per heavy atom. The normalized spacial score (nSPS) is 18.3. The van der Waals surface area contributed by atoms with Gasteiger partial charge >= 0.3 is 0 Å². The SMILES string of the molecule is COc1ccc(F)cc1C(O)CSC1CCCCC1. The molecule has 1 aromatic rings. The number of halogens is 1. The first kappa shape index (κ1) is 14.7. The molecule has 1 aliphatic carbocycles. The van der Waals surface area contributed by atoms with Crippen molar-refractivity contribution in [1.82, 2.24) is 0 Å². The van der Waals surface area contributed by atoms with Gasteiger partial charge in [-0.15, -0.1) is 0 Å². The maximum atomic E-state index is 13.3. The average Bonchev–Trinajstić information content (AvgIpc) is 2.46. The fourth-order valence-electron chi connectivity index (χ4n) is 2.51. The number of hydrogen-bond donors (Lipinski definition) is 1. The topological polar surface area (TPSA) is 29.5 Å². The molecular weight excluding hydrogens is 263 g/mol. The second-order valence-electron chi connectivity index (χ2n) is 5.00. The van der Waals surface area contributed by atoms with Crippen molar-refractivity contribution in [3.8, 4) is 5.75 Å². The van der Waals surface area contributed by atoms with Gasteiger partial charge in [-0.25, -0.2) is 4.39 Å². The Kier molecular flexibility index (Phi) is 5.52. The minimum absolute atomic E-state index is 0.336. The van der Waals surface area contributed by atoms with Crippen molar-refractivity contribution in [3.63, 3.8) is 0 Å². The molecule has 0 bridgehead atoms. The van der Waals surface area contributed by atoms with Crippen LogP contribution >= 0.6 is 11.8 Å². The van der Waals surface area contributed by atoms with Crippen molar-refractivity contribution in [2.75, 3.05) is 12.9 Å². The van der Waals surface area contributed by atoms with Crippen molar-refractivity contribution in [3.05, 3.63) is 29.6 Å². The van der Waals surface area contributed by atoms with Gasteiger partial charge in [-0.05, 0) is 31.0 Å². The van der Waals surface area contributed by atoms with Gasteiger partial charge in [0.05, 0.1) is 13.2 Å². The summed E-state index contributed by atoms with van der Waals surface area (Å²) in [4.78, 5) is 0. The molecule has 1 aromatic carbocycles. The van der Waals surface area contributed by atoms with Crippen LogP contribution in [0.3, 0.4) is 0 Å². The van der Waals surface area contributed by atoms with Crippen molar-refractivity contribution in [1.29, 1.82) is 0 Å². The maximum absolute atomic E-state index is 13.3. The van der Waals surface area contributed by atoms with Crippen LogP contribution in [0.5, 0.6) is 5.75 Å². The van der Waals surface area contributed by atoms with E-state index < -0.39 is 6.10 Å². The zero-order chi connectivity index (χ0) is 13.7. The number of thioether (sulfide) groups is 1. The highest BCUT2D eigenvalue weighted by molar-refractivity contribution is 7.99. The Balaban J connectivity index is 1.94. The van der Waals surface area contributed by atoms with E-state index in [1.807, 2.05) is 0 Å². The van der Waals surface area contributed by atoms with Crippen LogP contribution in [0.4, 0.5) is 4.39 Å². The van der Waals surface area contributed by atoms with E-state index >= 15 is 0 Å². The lowest BCUT2D eigenvalue weighted by atomic mass is 10.0. The molecule has 1 aliphatic rings. The molecule has 0 aromatic heterocycles. The van der Waals surface area contributed by atoms with Crippen LogP contribution in [-0.4, -0.2) is 23.2 Å². The van der Waals surface area contributed by atoms with Crippen LogP contribution in [0, 0.1) is 5.82 Å². The van der Waals surface area contributed by atoms with E-state index in [0.717, 1.165) is 0 Å². The number of rotatable bonds is 5. The highest BCUT2D eigenvalue weighted by Crippen LogP contribution is 2.33. The second kappa shape index (κ2) is 7.15. The van der Waals surface area contributed by atoms with Crippen molar-refractivity contribution in [2.24, 2.45) is 0 Å². The van der Waals surface area contributed by atoms with E-state index in [9.17, 15) is 9.50 Å². The third-order valence-electron chi connectivity index (χ3n) is 3.59. The van der Waals surface area contributed by atoms with E-state index in [1.165, 1.54) is 51.3 Å². The number of ether oxygens (including phenoxy) is 1. The molecule has 1 atom stereocenters. The van der Waals surface area contributed by atoms with Gasteiger partial charge in [-0.2, -0.15) is 11.8 Å². The fraction of sp³-hybridized carbons (Fsp3) is 0.600. The van der Waals surface area contributed by atoms with Crippen molar-refractivity contribution in [2.45, 2.75) is 43.5 Å². The first-order chi connectivity index (χ1) is 9.20. The van der Waals surface area contributed by atoms with Crippen LogP contribution in [0.1, 0.15) is 43.8 Å². The summed E-state index contributed by atoms with van der Waals surface area (Å²) >= 11 is 1.80. The number of methoxy groups -OCH3 is 1. The molecule has 0 spiro atoms. The second-order valence-corrected chi connectivity index (χ2v) is 6.33. The van der Waals surface area contributed by atoms with Gasteiger partial charge in [0.1, 0.15) is 11.6 Å². The molecule has 1 fully saturated rings. The molecule has 4 heteroatoms. The van der Waals surface area contributed by atoms with Gasteiger partial charge in [0.25, 0.3) is 0 Å². The third-order valence-corrected chi connectivity index (χ3v) is 5.04. The summed E-state index contributed by atoms with van der Waals surface area (Å²) in [5, 5.41) is 10.9. The summed E-state index contributed by atoms with van der Waals surface area (Å²) in [6.07, 6.45) is 5.71. The molecular formula is C15H21FO2S. The fourth-order valence-corrected chi connectivity index (χ4v) is 3.82. The lowest BCUT2D eigenvalue weighted by molar-refractivity contribution is 0.198. The summed E-state index contributed by atoms with van der Waals surface area (Å²) in [6, 6.07) is 4.29. The predicted molar refractivity (Wildman–Crippen MR) is 77.2 cm³/mol. The molecule has 0 amide bonds. The summed E-state index contributed by atoms with van der Waals surface area (Å²) in [6.45, 7) is 0. The summed E-state index contributed by atoms with van der Waals surface area (Å²) in [5.74, 6) is 0.820. The summed E-state index contributed by atoms with van der Waals surface area (Å²) in [7, 11) is 1.54. The molecule has 106 valence electrons. The Morgan fingerprint density at radius 2 is 2.11 bits per heavy atom. The zero-order valence-corrected chi connectivity index (χ0v) is 12.1. The molecule has 0 aliphatic heterocycles. The molecule has 0 heterocycles. The van der Waals surface area contributed by atoms with Crippen LogP contribution < -0.4 is 4.74 Å². The Bertz CT molecular complexity index is 405. The number of hydrogen-bond acceptors (Lipinski definition) is 3. The molecule has 19 heavy (non-hydrogen) atoms. The van der Waals surface area contributed by atoms with Crippen LogP contribution in [0.25, 0.3) is 0 Å². The Morgan fingerprint density at radius 3 is 2.79 bits per heavy atom. The maximum Gasteiger partial charge on any atom is 0.124 e. The van der Waals surface area contributed by atoms with Gasteiger partial charge in [0, 0.05) is 16.6 Å². The molecule has 2 rings (SSSR count). The van der Waals surface area contributed by atoms with E-state index in [4.69, 9.17) is 4.74 Å². The third kappa shape index (κ3) is 4.11. The molecule has 0 saturated heterocycles. The van der Waals surface area contributed by atoms with Crippen LogP contribution in [-0.2, 0) is 0 Å². The van der Waals surface area contributed by atoms with E-state index in [1.54, 1.807) is 17.8 Å².